The highest BCUT2D eigenvalue weighted by Gasteiger charge is 2.33. The molecule has 0 radical (unpaired) electrons. The summed E-state index contributed by atoms with van der Waals surface area (Å²) >= 11 is 0. The number of carbonyl (C=O) groups is 2. The van der Waals surface area contributed by atoms with Crippen molar-refractivity contribution in [1.82, 2.24) is 0 Å². The third kappa shape index (κ3) is 2.87. The van der Waals surface area contributed by atoms with Crippen LogP contribution in [0.3, 0.4) is 0 Å². The number of hydrogen-bond donors (Lipinski definition) is 2. The van der Waals surface area contributed by atoms with E-state index in [1.165, 1.54) is 5.56 Å². The average molecular weight is 351 g/mol. The number of amides is 2. The molecule has 6 nitrogen and oxygen atoms in total. The molecule has 2 aliphatic rings. The fourth-order valence-electron chi connectivity index (χ4n) is 3.59. The highest BCUT2D eigenvalue weighted by molar-refractivity contribution is 6.01. The van der Waals surface area contributed by atoms with E-state index in [1.54, 1.807) is 12.1 Å². The maximum absolute atomic E-state index is 13.0. The Kier molecular flexibility index (Phi) is 4.03. The molecule has 0 aromatic heterocycles. The smallest absolute Gasteiger partial charge is 0.262 e. The fraction of sp³-hybridized carbons (Fsp3) is 0.300. The summed E-state index contributed by atoms with van der Waals surface area (Å²) in [7, 11) is 0. The Morgan fingerprint density at radius 3 is 2.96 bits per heavy atom. The van der Waals surface area contributed by atoms with Gasteiger partial charge in [0.25, 0.3) is 5.91 Å². The average Bonchev–Trinajstić information content (AvgIpc) is 2.96. The van der Waals surface area contributed by atoms with Gasteiger partial charge in [-0.25, -0.2) is 0 Å². The Labute approximate surface area is 152 Å². The minimum Gasteiger partial charge on any atom is -0.482 e. The van der Waals surface area contributed by atoms with Crippen molar-refractivity contribution in [1.29, 1.82) is 0 Å². The predicted molar refractivity (Wildman–Crippen MR) is 101 cm³/mol. The Hall–Kier alpha value is -3.02. The summed E-state index contributed by atoms with van der Waals surface area (Å²) in [6.45, 7) is 3.95. The number of anilines is 3. The van der Waals surface area contributed by atoms with Gasteiger partial charge in [-0.1, -0.05) is 18.2 Å². The van der Waals surface area contributed by atoms with Crippen molar-refractivity contribution >= 4 is 28.9 Å². The second-order valence-corrected chi connectivity index (χ2v) is 6.80. The van der Waals surface area contributed by atoms with Crippen LogP contribution in [0.2, 0.25) is 0 Å². The number of nitrogens with zero attached hydrogens (tertiary/aromatic N) is 1. The molecule has 2 amide bonds. The summed E-state index contributed by atoms with van der Waals surface area (Å²) in [5, 5.41) is 6.02. The molecule has 134 valence electrons. The van der Waals surface area contributed by atoms with E-state index in [0.717, 1.165) is 17.8 Å². The highest BCUT2D eigenvalue weighted by Crippen LogP contribution is 2.33. The SMILES string of the molecule is C[C@H](Nc1ccc2c(c1)NC(=O)CO2)C(=O)N1c2ccccc2C[C@H]1C. The molecule has 2 atom stereocenters. The van der Waals surface area contributed by atoms with Crippen LogP contribution in [0.4, 0.5) is 17.1 Å². The van der Waals surface area contributed by atoms with E-state index < -0.39 is 6.04 Å². The number of rotatable bonds is 3. The lowest BCUT2D eigenvalue weighted by Gasteiger charge is -2.27. The lowest BCUT2D eigenvalue weighted by atomic mass is 10.1. The zero-order valence-electron chi connectivity index (χ0n) is 14.8. The van der Waals surface area contributed by atoms with Crippen LogP contribution in [0.15, 0.2) is 42.5 Å². The summed E-state index contributed by atoms with van der Waals surface area (Å²) < 4.78 is 5.36. The van der Waals surface area contributed by atoms with Crippen LogP contribution in [-0.2, 0) is 16.0 Å². The second-order valence-electron chi connectivity index (χ2n) is 6.80. The van der Waals surface area contributed by atoms with E-state index in [2.05, 4.69) is 23.6 Å². The first-order valence-electron chi connectivity index (χ1n) is 8.77. The van der Waals surface area contributed by atoms with E-state index in [0.29, 0.717) is 11.4 Å². The van der Waals surface area contributed by atoms with Crippen LogP contribution in [0, 0.1) is 0 Å². The summed E-state index contributed by atoms with van der Waals surface area (Å²) in [5.74, 6) is 0.484. The van der Waals surface area contributed by atoms with Crippen LogP contribution >= 0.6 is 0 Å². The van der Waals surface area contributed by atoms with Gasteiger partial charge in [0.15, 0.2) is 6.61 Å². The molecule has 0 bridgehead atoms. The topological polar surface area (TPSA) is 70.7 Å². The van der Waals surface area contributed by atoms with Gasteiger partial charge in [-0.05, 0) is 50.1 Å². The van der Waals surface area contributed by atoms with Gasteiger partial charge < -0.3 is 20.3 Å². The molecular weight excluding hydrogens is 330 g/mol. The van der Waals surface area contributed by atoms with Gasteiger partial charge in [0.05, 0.1) is 5.69 Å². The van der Waals surface area contributed by atoms with E-state index >= 15 is 0 Å². The number of fused-ring (bicyclic) bond motifs is 2. The van der Waals surface area contributed by atoms with Crippen molar-refractivity contribution in [3.63, 3.8) is 0 Å². The van der Waals surface area contributed by atoms with Gasteiger partial charge in [-0.3, -0.25) is 9.59 Å². The van der Waals surface area contributed by atoms with E-state index in [1.807, 2.05) is 36.1 Å². The van der Waals surface area contributed by atoms with Crippen molar-refractivity contribution in [2.24, 2.45) is 0 Å². The first-order valence-corrected chi connectivity index (χ1v) is 8.77. The lowest BCUT2D eigenvalue weighted by molar-refractivity contribution is -0.119. The molecule has 6 heteroatoms. The standard InChI is InChI=1S/C20H21N3O3/c1-12-9-14-5-3-4-6-17(14)23(12)20(25)13(2)21-15-7-8-18-16(10-15)22-19(24)11-26-18/h3-8,10,12-13,21H,9,11H2,1-2H3,(H,22,24)/t12-,13+/m1/s1. The molecule has 0 saturated heterocycles. The first kappa shape index (κ1) is 16.4. The van der Waals surface area contributed by atoms with E-state index in [9.17, 15) is 9.59 Å². The van der Waals surface area contributed by atoms with E-state index in [4.69, 9.17) is 4.74 Å². The Morgan fingerprint density at radius 1 is 1.31 bits per heavy atom. The molecule has 0 fully saturated rings. The number of nitrogens with one attached hydrogen (secondary N) is 2. The molecule has 2 aromatic carbocycles. The number of carbonyl (C=O) groups excluding carboxylic acids is 2. The van der Waals surface area contributed by atoms with Gasteiger partial charge in [0.1, 0.15) is 11.8 Å². The molecule has 0 saturated carbocycles. The molecule has 26 heavy (non-hydrogen) atoms. The summed E-state index contributed by atoms with van der Waals surface area (Å²) in [4.78, 5) is 26.4. The first-order chi connectivity index (χ1) is 12.5. The third-order valence-corrected chi connectivity index (χ3v) is 4.81. The molecule has 0 aliphatic carbocycles. The molecule has 2 aromatic rings. The largest absolute Gasteiger partial charge is 0.482 e. The normalized spacial score (nSPS) is 19.1. The lowest BCUT2D eigenvalue weighted by Crippen LogP contribution is -2.44. The van der Waals surface area contributed by atoms with Crippen LogP contribution < -0.4 is 20.3 Å². The minimum absolute atomic E-state index is 0.0282. The maximum Gasteiger partial charge on any atom is 0.262 e. The Balaban J connectivity index is 1.52. The quantitative estimate of drug-likeness (QED) is 0.892. The number of para-hydroxylation sites is 1. The maximum atomic E-state index is 13.0. The number of ether oxygens (including phenoxy) is 1. The van der Waals surface area contributed by atoms with Crippen LogP contribution in [0.5, 0.6) is 5.75 Å². The molecular formula is C20H21N3O3. The molecule has 0 unspecified atom stereocenters. The molecule has 0 spiro atoms. The van der Waals surface area contributed by atoms with Crippen molar-refractivity contribution in [3.05, 3.63) is 48.0 Å². The van der Waals surface area contributed by atoms with Crippen LogP contribution in [-0.4, -0.2) is 30.5 Å². The highest BCUT2D eigenvalue weighted by atomic mass is 16.5. The Bertz CT molecular complexity index is 880. The zero-order chi connectivity index (χ0) is 18.3. The third-order valence-electron chi connectivity index (χ3n) is 4.81. The van der Waals surface area contributed by atoms with Crippen LogP contribution in [0.25, 0.3) is 0 Å². The fourth-order valence-corrected chi connectivity index (χ4v) is 3.59. The van der Waals surface area contributed by atoms with Crippen molar-refractivity contribution in [2.75, 3.05) is 22.1 Å². The minimum atomic E-state index is -0.401. The summed E-state index contributed by atoms with van der Waals surface area (Å²) in [5.41, 5.74) is 3.57. The van der Waals surface area contributed by atoms with Gasteiger partial charge in [0.2, 0.25) is 5.91 Å². The second kappa shape index (κ2) is 6.37. The number of benzene rings is 2. The van der Waals surface area contributed by atoms with Crippen LogP contribution in [0.1, 0.15) is 19.4 Å². The van der Waals surface area contributed by atoms with E-state index in [-0.39, 0.29) is 24.5 Å². The Morgan fingerprint density at radius 2 is 2.12 bits per heavy atom. The van der Waals surface area contributed by atoms with Crippen molar-refractivity contribution in [2.45, 2.75) is 32.4 Å². The van der Waals surface area contributed by atoms with Gasteiger partial charge in [-0.2, -0.15) is 0 Å². The van der Waals surface area contributed by atoms with Gasteiger partial charge >= 0.3 is 0 Å². The summed E-state index contributed by atoms with van der Waals surface area (Å²) in [6, 6.07) is 13.2. The molecule has 4 rings (SSSR count). The zero-order valence-corrected chi connectivity index (χ0v) is 14.8. The van der Waals surface area contributed by atoms with Crippen molar-refractivity contribution < 1.29 is 14.3 Å². The van der Waals surface area contributed by atoms with Crippen molar-refractivity contribution in [3.8, 4) is 5.75 Å². The summed E-state index contributed by atoms with van der Waals surface area (Å²) in [6.07, 6.45) is 0.872. The predicted octanol–water partition coefficient (Wildman–Crippen LogP) is 2.80. The number of hydrogen-bond acceptors (Lipinski definition) is 4. The molecule has 2 heterocycles. The van der Waals surface area contributed by atoms with Gasteiger partial charge in [0, 0.05) is 17.4 Å². The molecule has 2 N–H and O–H groups in total. The molecule has 2 aliphatic heterocycles. The van der Waals surface area contributed by atoms with Gasteiger partial charge in [-0.15, -0.1) is 0 Å². The monoisotopic (exact) mass is 351 g/mol.